The number of nitrogens with two attached hydrogens (primary N) is 1. The van der Waals surface area contributed by atoms with Gasteiger partial charge in [-0.05, 0) is 18.1 Å². The lowest BCUT2D eigenvalue weighted by atomic mass is 10.1. The number of fused-ring (bicyclic) bond motifs is 1. The number of nitrogen functional groups attached to an aromatic ring is 1. The molecule has 1 heterocycles. The number of alkyl halides is 6. The van der Waals surface area contributed by atoms with E-state index in [0.717, 1.165) is 0 Å². The Labute approximate surface area is 115 Å². The van der Waals surface area contributed by atoms with Gasteiger partial charge in [0.2, 0.25) is 11.8 Å². The molecule has 0 radical (unpaired) electrons. The van der Waals surface area contributed by atoms with Gasteiger partial charge in [-0.25, -0.2) is 0 Å². The first kappa shape index (κ1) is 15.5. The van der Waals surface area contributed by atoms with Crippen molar-refractivity contribution in [3.8, 4) is 0 Å². The maximum atomic E-state index is 12.6. The molecule has 0 saturated heterocycles. The molecule has 0 aliphatic carbocycles. The third-order valence-electron chi connectivity index (χ3n) is 3.19. The van der Waals surface area contributed by atoms with Gasteiger partial charge in [0.25, 0.3) is 0 Å². The molecule has 0 spiro atoms. The first-order valence-electron chi connectivity index (χ1n) is 5.85. The van der Waals surface area contributed by atoms with Crippen LogP contribution < -0.4 is 10.6 Å². The summed E-state index contributed by atoms with van der Waals surface area (Å²) in [5.74, 6) is -6.10. The van der Waals surface area contributed by atoms with Gasteiger partial charge in [0, 0.05) is 6.54 Å². The van der Waals surface area contributed by atoms with Crippen molar-refractivity contribution in [3.63, 3.8) is 0 Å². The third-order valence-corrected chi connectivity index (χ3v) is 3.19. The number of carbonyl (C=O) groups excluding carboxylic acids is 1. The summed E-state index contributed by atoms with van der Waals surface area (Å²) in [6, 6.07) is 4.35. The molecule has 2 N–H and O–H groups in total. The number of halogens is 6. The molecule has 1 amide bonds. The molecule has 116 valence electrons. The zero-order valence-electron chi connectivity index (χ0n) is 10.4. The Morgan fingerprint density at radius 3 is 2.24 bits per heavy atom. The van der Waals surface area contributed by atoms with Gasteiger partial charge >= 0.3 is 12.4 Å². The molecule has 0 bridgehead atoms. The minimum atomic E-state index is -5.71. The predicted molar refractivity (Wildman–Crippen MR) is 62.5 cm³/mol. The van der Waals surface area contributed by atoms with Crippen LogP contribution in [0.25, 0.3) is 0 Å². The molecule has 3 nitrogen and oxygen atoms in total. The maximum Gasteiger partial charge on any atom is 0.409 e. The monoisotopic (exact) mass is 312 g/mol. The Morgan fingerprint density at radius 1 is 1.14 bits per heavy atom. The second kappa shape index (κ2) is 4.81. The van der Waals surface area contributed by atoms with E-state index in [0.29, 0.717) is 10.5 Å². The smallest absolute Gasteiger partial charge is 0.397 e. The molecular formula is C12H10F6N2O. The Balaban J connectivity index is 2.42. The van der Waals surface area contributed by atoms with Crippen LogP contribution in [0, 0.1) is 5.92 Å². The summed E-state index contributed by atoms with van der Waals surface area (Å²) in [7, 11) is 0. The molecule has 21 heavy (non-hydrogen) atoms. The Hall–Kier alpha value is -1.93. The zero-order chi connectivity index (χ0) is 16.0. The molecule has 1 aliphatic rings. The molecule has 0 unspecified atom stereocenters. The Bertz CT molecular complexity index is 552. The van der Waals surface area contributed by atoms with Crippen LogP contribution in [-0.2, 0) is 11.2 Å². The van der Waals surface area contributed by atoms with Crippen LogP contribution in [0.3, 0.4) is 0 Å². The average molecular weight is 312 g/mol. The lowest BCUT2D eigenvalue weighted by Crippen LogP contribution is -2.49. The van der Waals surface area contributed by atoms with Crippen molar-refractivity contribution >= 4 is 17.3 Å². The number of amides is 1. The minimum absolute atomic E-state index is 0.0264. The Morgan fingerprint density at radius 2 is 1.71 bits per heavy atom. The van der Waals surface area contributed by atoms with Gasteiger partial charge in [0.05, 0.1) is 11.4 Å². The topological polar surface area (TPSA) is 46.3 Å². The van der Waals surface area contributed by atoms with Crippen LogP contribution in [0.15, 0.2) is 18.2 Å². The highest BCUT2D eigenvalue weighted by Gasteiger charge is 2.62. The first-order chi connectivity index (χ1) is 9.53. The standard InChI is InChI=1S/C12H10F6N2O/c13-11(14,15)9(12(16,17)18)10(21)20-5-4-6-2-1-3-7(19)8(6)20/h1-3,9H,4-5,19H2. The molecular weight excluding hydrogens is 302 g/mol. The fraction of sp³-hybridized carbons (Fsp3) is 0.417. The van der Waals surface area contributed by atoms with Gasteiger partial charge < -0.3 is 10.6 Å². The van der Waals surface area contributed by atoms with Crippen LogP contribution in [0.4, 0.5) is 37.7 Å². The lowest BCUT2D eigenvalue weighted by molar-refractivity contribution is -0.273. The molecule has 9 heteroatoms. The van der Waals surface area contributed by atoms with E-state index >= 15 is 0 Å². The van der Waals surface area contributed by atoms with Gasteiger partial charge in [-0.2, -0.15) is 26.3 Å². The van der Waals surface area contributed by atoms with Crippen molar-refractivity contribution in [3.05, 3.63) is 23.8 Å². The highest BCUT2D eigenvalue weighted by molar-refractivity contribution is 6.00. The van der Waals surface area contributed by atoms with Crippen LogP contribution >= 0.6 is 0 Å². The predicted octanol–water partition coefficient (Wildman–Crippen LogP) is 2.90. The van der Waals surface area contributed by atoms with Crippen LogP contribution in [0.5, 0.6) is 0 Å². The van der Waals surface area contributed by atoms with Gasteiger partial charge in [0.1, 0.15) is 0 Å². The normalized spacial score (nSPS) is 15.5. The number of hydrogen-bond acceptors (Lipinski definition) is 2. The molecule has 2 rings (SSSR count). The minimum Gasteiger partial charge on any atom is -0.397 e. The quantitative estimate of drug-likeness (QED) is 0.640. The fourth-order valence-electron chi connectivity index (χ4n) is 2.33. The van der Waals surface area contributed by atoms with Gasteiger partial charge in [-0.15, -0.1) is 0 Å². The lowest BCUT2D eigenvalue weighted by Gasteiger charge is -2.27. The van der Waals surface area contributed by atoms with E-state index in [-0.39, 0.29) is 24.3 Å². The SMILES string of the molecule is Nc1cccc2c1N(C(=O)C(C(F)(F)F)C(F)(F)F)CC2. The summed E-state index contributed by atoms with van der Waals surface area (Å²) in [6.45, 7) is -0.259. The van der Waals surface area contributed by atoms with E-state index < -0.39 is 24.2 Å². The van der Waals surface area contributed by atoms with Crippen molar-refractivity contribution < 1.29 is 31.1 Å². The van der Waals surface area contributed by atoms with Crippen molar-refractivity contribution in [1.82, 2.24) is 0 Å². The van der Waals surface area contributed by atoms with Crippen molar-refractivity contribution in [2.45, 2.75) is 18.8 Å². The van der Waals surface area contributed by atoms with Crippen molar-refractivity contribution in [2.24, 2.45) is 5.92 Å². The number of rotatable bonds is 1. The molecule has 1 aromatic carbocycles. The summed E-state index contributed by atoms with van der Waals surface area (Å²) in [5.41, 5.74) is 5.92. The summed E-state index contributed by atoms with van der Waals surface area (Å²) < 4.78 is 75.6. The Kier molecular flexibility index (Phi) is 3.54. The number of carbonyl (C=O) groups is 1. The summed E-state index contributed by atoms with van der Waals surface area (Å²) in [6.07, 6.45) is -11.3. The second-order valence-corrected chi connectivity index (χ2v) is 4.61. The molecule has 0 aromatic heterocycles. The van der Waals surface area contributed by atoms with Gasteiger partial charge in [-0.1, -0.05) is 12.1 Å². The fourth-order valence-corrected chi connectivity index (χ4v) is 2.33. The number of para-hydroxylation sites is 1. The van der Waals surface area contributed by atoms with Crippen LogP contribution in [-0.4, -0.2) is 24.8 Å². The summed E-state index contributed by atoms with van der Waals surface area (Å²) in [5, 5.41) is 0. The van der Waals surface area contributed by atoms with Crippen molar-refractivity contribution in [2.75, 3.05) is 17.2 Å². The summed E-state index contributed by atoms with van der Waals surface area (Å²) >= 11 is 0. The number of anilines is 2. The highest BCUT2D eigenvalue weighted by Crippen LogP contribution is 2.43. The van der Waals surface area contributed by atoms with E-state index in [4.69, 9.17) is 5.73 Å². The molecule has 0 saturated carbocycles. The maximum absolute atomic E-state index is 12.6. The molecule has 1 aromatic rings. The van der Waals surface area contributed by atoms with Gasteiger partial charge in [-0.3, -0.25) is 4.79 Å². The van der Waals surface area contributed by atoms with E-state index in [2.05, 4.69) is 0 Å². The largest absolute Gasteiger partial charge is 0.409 e. The van der Waals surface area contributed by atoms with E-state index in [1.54, 1.807) is 0 Å². The number of nitrogens with zero attached hydrogens (tertiary/aromatic N) is 1. The highest BCUT2D eigenvalue weighted by atomic mass is 19.4. The summed E-state index contributed by atoms with van der Waals surface area (Å²) in [4.78, 5) is 12.3. The van der Waals surface area contributed by atoms with Crippen LogP contribution in [0.2, 0.25) is 0 Å². The number of benzene rings is 1. The zero-order valence-corrected chi connectivity index (χ0v) is 10.4. The average Bonchev–Trinajstić information content (AvgIpc) is 2.69. The second-order valence-electron chi connectivity index (χ2n) is 4.61. The first-order valence-corrected chi connectivity index (χ1v) is 5.85. The number of hydrogen-bond donors (Lipinski definition) is 1. The van der Waals surface area contributed by atoms with Gasteiger partial charge in [0.15, 0.2) is 0 Å². The molecule has 1 aliphatic heterocycles. The van der Waals surface area contributed by atoms with E-state index in [1.165, 1.54) is 18.2 Å². The third kappa shape index (κ3) is 2.77. The van der Waals surface area contributed by atoms with E-state index in [9.17, 15) is 31.1 Å². The molecule has 0 fully saturated rings. The van der Waals surface area contributed by atoms with Crippen LogP contribution in [0.1, 0.15) is 5.56 Å². The van der Waals surface area contributed by atoms with Crippen molar-refractivity contribution in [1.29, 1.82) is 0 Å². The van der Waals surface area contributed by atoms with E-state index in [1.807, 2.05) is 0 Å². The molecule has 0 atom stereocenters.